The Kier molecular flexibility index (Phi) is 3.56. The van der Waals surface area contributed by atoms with E-state index < -0.39 is 11.7 Å². The van der Waals surface area contributed by atoms with E-state index in [2.05, 4.69) is 4.98 Å². The molecule has 0 fully saturated rings. The lowest BCUT2D eigenvalue weighted by molar-refractivity contribution is -0.139. The van der Waals surface area contributed by atoms with Gasteiger partial charge in [-0.15, -0.1) is 0 Å². The minimum atomic E-state index is -4.42. The van der Waals surface area contributed by atoms with Crippen molar-refractivity contribution in [3.63, 3.8) is 0 Å². The van der Waals surface area contributed by atoms with Gasteiger partial charge in [0.2, 0.25) is 0 Å². The average molecular weight is 305 g/mol. The van der Waals surface area contributed by atoms with Gasteiger partial charge in [-0.3, -0.25) is 0 Å². The van der Waals surface area contributed by atoms with Crippen LogP contribution in [0.2, 0.25) is 0 Å². The molecule has 0 saturated carbocycles. The topological polar surface area (TPSA) is 25.0 Å². The highest BCUT2D eigenvalue weighted by molar-refractivity contribution is 5.83. The number of aryl methyl sites for hydroxylation is 1. The van der Waals surface area contributed by atoms with Crippen molar-refractivity contribution in [1.82, 2.24) is 4.98 Å². The highest BCUT2D eigenvalue weighted by atomic mass is 19.4. The number of nitrogens with one attached hydrogen (secondary N) is 1. The molecular formula is C17H14F3NO. The molecule has 1 heterocycles. The lowest BCUT2D eigenvalue weighted by atomic mass is 10.2. The molecule has 3 rings (SSSR count). The summed E-state index contributed by atoms with van der Waals surface area (Å²) in [6.45, 7) is 2.03. The van der Waals surface area contributed by atoms with Crippen LogP contribution in [0.15, 0.2) is 48.5 Å². The van der Waals surface area contributed by atoms with Crippen LogP contribution in [0.3, 0.4) is 0 Å². The highest BCUT2D eigenvalue weighted by Gasteiger charge is 2.34. The molecule has 0 aliphatic heterocycles. The number of rotatable bonds is 3. The van der Waals surface area contributed by atoms with Gasteiger partial charge in [-0.2, -0.15) is 13.2 Å². The maximum atomic E-state index is 12.9. The Balaban J connectivity index is 1.84. The number of halogens is 3. The van der Waals surface area contributed by atoms with E-state index in [1.807, 2.05) is 31.2 Å². The molecule has 2 nitrogen and oxygen atoms in total. The van der Waals surface area contributed by atoms with Crippen LogP contribution < -0.4 is 4.74 Å². The molecule has 1 aromatic heterocycles. The molecule has 2 aromatic carbocycles. The molecule has 5 heteroatoms. The van der Waals surface area contributed by atoms with Gasteiger partial charge in [-0.1, -0.05) is 30.3 Å². The minimum Gasteiger partial charge on any atom is -0.487 e. The fraction of sp³-hybridized carbons (Fsp3) is 0.176. The summed E-state index contributed by atoms with van der Waals surface area (Å²) in [5.74, 6) is -0.162. The van der Waals surface area contributed by atoms with Crippen LogP contribution in [-0.4, -0.2) is 4.98 Å². The first-order chi connectivity index (χ1) is 10.4. The Bertz CT molecular complexity index is 805. The van der Waals surface area contributed by atoms with Gasteiger partial charge in [-0.05, 0) is 30.7 Å². The predicted molar refractivity (Wildman–Crippen MR) is 78.8 cm³/mol. The van der Waals surface area contributed by atoms with E-state index >= 15 is 0 Å². The summed E-state index contributed by atoms with van der Waals surface area (Å²) in [7, 11) is 0. The standard InChI is InChI=1S/C17H14F3NO/c1-11-5-4-6-12-9-13(21-16(11)12)10-22-15-8-3-2-7-14(15)17(18,19)20/h2-9,21H,10H2,1H3. The number of aromatic amines is 1. The molecule has 0 amide bonds. The van der Waals surface area contributed by atoms with Gasteiger partial charge >= 0.3 is 6.18 Å². The van der Waals surface area contributed by atoms with Crippen LogP contribution in [0.25, 0.3) is 10.9 Å². The van der Waals surface area contributed by atoms with E-state index in [4.69, 9.17) is 4.74 Å². The number of fused-ring (bicyclic) bond motifs is 1. The predicted octanol–water partition coefficient (Wildman–Crippen LogP) is 5.07. The summed E-state index contributed by atoms with van der Waals surface area (Å²) in [5, 5.41) is 1.02. The number of benzene rings is 2. The Labute approximate surface area is 125 Å². The van der Waals surface area contributed by atoms with Gasteiger partial charge in [-0.25, -0.2) is 0 Å². The van der Waals surface area contributed by atoms with Gasteiger partial charge in [0.1, 0.15) is 12.4 Å². The third-order valence-corrected chi connectivity index (χ3v) is 3.50. The van der Waals surface area contributed by atoms with Crippen molar-refractivity contribution < 1.29 is 17.9 Å². The second-order valence-corrected chi connectivity index (χ2v) is 5.12. The lowest BCUT2D eigenvalue weighted by Gasteiger charge is -2.13. The highest BCUT2D eigenvalue weighted by Crippen LogP contribution is 2.36. The van der Waals surface area contributed by atoms with Crippen LogP contribution in [0, 0.1) is 6.92 Å². The third kappa shape index (κ3) is 2.79. The summed E-state index contributed by atoms with van der Waals surface area (Å²) in [5.41, 5.74) is 2.04. The Morgan fingerprint density at radius 3 is 2.55 bits per heavy atom. The average Bonchev–Trinajstić information content (AvgIpc) is 2.89. The zero-order chi connectivity index (χ0) is 15.7. The molecule has 0 bridgehead atoms. The molecule has 0 unspecified atom stereocenters. The largest absolute Gasteiger partial charge is 0.487 e. The SMILES string of the molecule is Cc1cccc2cc(COc3ccccc3C(F)(F)F)[nH]c12. The molecule has 114 valence electrons. The van der Waals surface area contributed by atoms with Crippen molar-refractivity contribution in [2.75, 3.05) is 0 Å². The Morgan fingerprint density at radius 1 is 1.05 bits per heavy atom. The molecule has 1 N–H and O–H groups in total. The van der Waals surface area contributed by atoms with Gasteiger partial charge in [0.15, 0.2) is 0 Å². The monoisotopic (exact) mass is 305 g/mol. The van der Waals surface area contributed by atoms with E-state index in [9.17, 15) is 13.2 Å². The van der Waals surface area contributed by atoms with Crippen molar-refractivity contribution >= 4 is 10.9 Å². The van der Waals surface area contributed by atoms with E-state index in [0.29, 0.717) is 0 Å². The summed E-state index contributed by atoms with van der Waals surface area (Å²) in [4.78, 5) is 3.19. The Morgan fingerprint density at radius 2 is 1.82 bits per heavy atom. The first-order valence-electron chi connectivity index (χ1n) is 6.81. The second-order valence-electron chi connectivity index (χ2n) is 5.12. The van der Waals surface area contributed by atoms with E-state index in [1.165, 1.54) is 18.2 Å². The van der Waals surface area contributed by atoms with E-state index in [-0.39, 0.29) is 12.4 Å². The van der Waals surface area contributed by atoms with E-state index in [0.717, 1.165) is 28.2 Å². The molecule has 3 aromatic rings. The number of hydrogen-bond acceptors (Lipinski definition) is 1. The van der Waals surface area contributed by atoms with Crippen LogP contribution in [0.4, 0.5) is 13.2 Å². The van der Waals surface area contributed by atoms with Gasteiger partial charge in [0, 0.05) is 10.9 Å². The number of ether oxygens (including phenoxy) is 1. The van der Waals surface area contributed by atoms with Crippen LogP contribution in [-0.2, 0) is 12.8 Å². The summed E-state index contributed by atoms with van der Waals surface area (Å²) < 4.78 is 44.1. The zero-order valence-corrected chi connectivity index (χ0v) is 11.9. The lowest BCUT2D eigenvalue weighted by Crippen LogP contribution is -2.08. The molecular weight excluding hydrogens is 291 g/mol. The number of alkyl halides is 3. The fourth-order valence-electron chi connectivity index (χ4n) is 2.43. The molecule has 0 spiro atoms. The van der Waals surface area contributed by atoms with Crippen LogP contribution in [0.1, 0.15) is 16.8 Å². The second kappa shape index (κ2) is 5.40. The first kappa shape index (κ1) is 14.5. The number of aromatic nitrogens is 1. The Hall–Kier alpha value is -2.43. The van der Waals surface area contributed by atoms with Crippen molar-refractivity contribution in [2.24, 2.45) is 0 Å². The van der Waals surface area contributed by atoms with Crippen LogP contribution in [0.5, 0.6) is 5.75 Å². The first-order valence-corrected chi connectivity index (χ1v) is 6.81. The van der Waals surface area contributed by atoms with Crippen molar-refractivity contribution in [3.8, 4) is 5.75 Å². The van der Waals surface area contributed by atoms with Gasteiger partial charge < -0.3 is 9.72 Å². The normalized spacial score (nSPS) is 11.8. The van der Waals surface area contributed by atoms with Gasteiger partial charge in [0.05, 0.1) is 11.3 Å². The summed E-state index contributed by atoms with van der Waals surface area (Å²) in [6, 6.07) is 13.0. The molecule has 0 aliphatic rings. The molecule has 0 radical (unpaired) electrons. The van der Waals surface area contributed by atoms with Crippen molar-refractivity contribution in [3.05, 3.63) is 65.4 Å². The summed E-state index contributed by atoms with van der Waals surface area (Å²) in [6.07, 6.45) is -4.42. The number of H-pyrrole nitrogens is 1. The number of hydrogen-bond donors (Lipinski definition) is 1. The third-order valence-electron chi connectivity index (χ3n) is 3.50. The fourth-order valence-corrected chi connectivity index (χ4v) is 2.43. The zero-order valence-electron chi connectivity index (χ0n) is 11.9. The van der Waals surface area contributed by atoms with Gasteiger partial charge in [0.25, 0.3) is 0 Å². The summed E-state index contributed by atoms with van der Waals surface area (Å²) >= 11 is 0. The smallest absolute Gasteiger partial charge is 0.419 e. The van der Waals surface area contributed by atoms with Crippen molar-refractivity contribution in [2.45, 2.75) is 19.7 Å². The van der Waals surface area contributed by atoms with Crippen molar-refractivity contribution in [1.29, 1.82) is 0 Å². The maximum absolute atomic E-state index is 12.9. The molecule has 0 atom stereocenters. The maximum Gasteiger partial charge on any atom is 0.419 e. The molecule has 0 aliphatic carbocycles. The minimum absolute atomic E-state index is 0.0568. The molecule has 22 heavy (non-hydrogen) atoms. The van der Waals surface area contributed by atoms with Crippen LogP contribution >= 0.6 is 0 Å². The van der Waals surface area contributed by atoms with E-state index in [1.54, 1.807) is 0 Å². The number of para-hydroxylation sites is 2. The quantitative estimate of drug-likeness (QED) is 0.717. The molecule has 0 saturated heterocycles.